The number of rotatable bonds is 6. The monoisotopic (exact) mass is 326 g/mol. The number of nitrogens with zero attached hydrogens (tertiary/aromatic N) is 3. The third-order valence-electron chi connectivity index (χ3n) is 5.19. The van der Waals surface area contributed by atoms with Crippen LogP contribution in [0.25, 0.3) is 0 Å². The van der Waals surface area contributed by atoms with Crippen LogP contribution in [0, 0.1) is 17.2 Å². The van der Waals surface area contributed by atoms with E-state index in [9.17, 15) is 10.1 Å². The van der Waals surface area contributed by atoms with Crippen LogP contribution in [0.4, 0.5) is 0 Å². The third kappa shape index (κ3) is 4.34. The molecule has 0 bridgehead atoms. The van der Waals surface area contributed by atoms with E-state index < -0.39 is 0 Å². The predicted octanol–water partition coefficient (Wildman–Crippen LogP) is 1.79. The van der Waals surface area contributed by atoms with E-state index in [1.54, 1.807) is 0 Å². The number of benzene rings is 1. The maximum absolute atomic E-state index is 12.0. The highest BCUT2D eigenvalue weighted by molar-refractivity contribution is 5.78. The van der Waals surface area contributed by atoms with Crippen LogP contribution in [-0.4, -0.2) is 55.0 Å². The molecule has 1 amide bonds. The molecule has 1 saturated heterocycles. The second kappa shape index (κ2) is 8.27. The van der Waals surface area contributed by atoms with E-state index >= 15 is 0 Å². The Morgan fingerprint density at radius 3 is 2.50 bits per heavy atom. The minimum absolute atomic E-state index is 0.134. The van der Waals surface area contributed by atoms with E-state index in [-0.39, 0.29) is 11.9 Å². The second-order valence-corrected chi connectivity index (χ2v) is 6.86. The van der Waals surface area contributed by atoms with E-state index in [0.29, 0.717) is 12.5 Å². The molecule has 1 heterocycles. The van der Waals surface area contributed by atoms with Crippen molar-refractivity contribution in [3.63, 3.8) is 0 Å². The lowest BCUT2D eigenvalue weighted by molar-refractivity contribution is -0.123. The first-order valence-corrected chi connectivity index (χ1v) is 8.94. The summed E-state index contributed by atoms with van der Waals surface area (Å²) in [4.78, 5) is 16.4. The number of piperazine rings is 1. The zero-order chi connectivity index (χ0) is 16.8. The van der Waals surface area contributed by atoms with Gasteiger partial charge in [-0.1, -0.05) is 36.8 Å². The van der Waals surface area contributed by atoms with Gasteiger partial charge in [0.15, 0.2) is 0 Å². The lowest BCUT2D eigenvalue weighted by Gasteiger charge is -2.36. The van der Waals surface area contributed by atoms with E-state index in [2.05, 4.69) is 21.2 Å². The molecule has 24 heavy (non-hydrogen) atoms. The number of nitrogens with one attached hydrogen (secondary N) is 1. The Hall–Kier alpha value is -1.90. The van der Waals surface area contributed by atoms with Gasteiger partial charge < -0.3 is 5.32 Å². The van der Waals surface area contributed by atoms with Gasteiger partial charge in [0.25, 0.3) is 0 Å². The highest BCUT2D eigenvalue weighted by Crippen LogP contribution is 2.25. The van der Waals surface area contributed by atoms with E-state index in [1.807, 2.05) is 30.3 Å². The summed E-state index contributed by atoms with van der Waals surface area (Å²) in [6.45, 7) is 4.63. The fourth-order valence-corrected chi connectivity index (χ4v) is 3.40. The first-order valence-electron chi connectivity index (χ1n) is 8.94. The summed E-state index contributed by atoms with van der Waals surface area (Å²) in [6, 6.07) is 12.2. The van der Waals surface area contributed by atoms with Crippen molar-refractivity contribution in [1.29, 1.82) is 5.26 Å². The molecule has 0 radical (unpaired) electrons. The van der Waals surface area contributed by atoms with Gasteiger partial charge in [0, 0.05) is 32.7 Å². The Balaban J connectivity index is 1.43. The molecule has 5 nitrogen and oxygen atoms in total. The first kappa shape index (κ1) is 16.9. The summed E-state index contributed by atoms with van der Waals surface area (Å²) < 4.78 is 0. The normalized spacial score (nSPS) is 20.8. The maximum atomic E-state index is 12.0. The Morgan fingerprint density at radius 1 is 1.21 bits per heavy atom. The van der Waals surface area contributed by atoms with Crippen molar-refractivity contribution in [3.8, 4) is 6.07 Å². The average molecular weight is 326 g/mol. The molecule has 128 valence electrons. The van der Waals surface area contributed by atoms with Crippen molar-refractivity contribution in [2.24, 2.45) is 5.92 Å². The predicted molar refractivity (Wildman–Crippen MR) is 93.2 cm³/mol. The smallest absolute Gasteiger partial charge is 0.234 e. The molecule has 5 heteroatoms. The third-order valence-corrected chi connectivity index (χ3v) is 5.19. The fourth-order valence-electron chi connectivity index (χ4n) is 3.40. The Bertz CT molecular complexity index is 571. The molecule has 1 aromatic carbocycles. The molecular weight excluding hydrogens is 300 g/mol. The zero-order valence-corrected chi connectivity index (χ0v) is 14.2. The number of nitriles is 1. The van der Waals surface area contributed by atoms with Crippen LogP contribution in [0.15, 0.2) is 30.3 Å². The molecule has 0 unspecified atom stereocenters. The van der Waals surface area contributed by atoms with Gasteiger partial charge >= 0.3 is 0 Å². The second-order valence-electron chi connectivity index (χ2n) is 6.86. The van der Waals surface area contributed by atoms with Crippen molar-refractivity contribution in [1.82, 2.24) is 15.1 Å². The van der Waals surface area contributed by atoms with Crippen LogP contribution in [0.2, 0.25) is 0 Å². The minimum atomic E-state index is -0.194. The quantitative estimate of drug-likeness (QED) is 0.866. The molecule has 1 aliphatic carbocycles. The van der Waals surface area contributed by atoms with Crippen LogP contribution in [0.5, 0.6) is 0 Å². The standard InChI is InChI=1S/C19H26N4O/c20-13-18(17-7-2-1-3-8-17)23-11-9-22(10-12-23)15-19(24)21-14-16-5-4-6-16/h1-3,7-8,16,18H,4-6,9-12,14-15H2,(H,21,24)/t18-/m0/s1. The van der Waals surface area contributed by atoms with Gasteiger partial charge in [-0.2, -0.15) is 5.26 Å². The van der Waals surface area contributed by atoms with E-state index in [1.165, 1.54) is 19.3 Å². The number of amides is 1. The lowest BCUT2D eigenvalue weighted by Crippen LogP contribution is -2.50. The van der Waals surface area contributed by atoms with Gasteiger partial charge in [-0.3, -0.25) is 14.6 Å². The largest absolute Gasteiger partial charge is 0.355 e. The number of carbonyl (C=O) groups is 1. The summed E-state index contributed by atoms with van der Waals surface area (Å²) in [6.07, 6.45) is 3.83. The summed E-state index contributed by atoms with van der Waals surface area (Å²) >= 11 is 0. The molecule has 1 aliphatic heterocycles. The van der Waals surface area contributed by atoms with Gasteiger partial charge in [-0.25, -0.2) is 0 Å². The van der Waals surface area contributed by atoms with Crippen LogP contribution < -0.4 is 5.32 Å². The zero-order valence-electron chi connectivity index (χ0n) is 14.2. The molecule has 1 aromatic rings. The molecule has 3 rings (SSSR count). The maximum Gasteiger partial charge on any atom is 0.234 e. The topological polar surface area (TPSA) is 59.4 Å². The van der Waals surface area contributed by atoms with Gasteiger partial charge in [0.05, 0.1) is 12.6 Å². The molecule has 2 aliphatic rings. The van der Waals surface area contributed by atoms with E-state index in [0.717, 1.165) is 38.3 Å². The Kier molecular flexibility index (Phi) is 5.84. The average Bonchev–Trinajstić information content (AvgIpc) is 2.57. The summed E-state index contributed by atoms with van der Waals surface area (Å²) in [5, 5.41) is 12.6. The van der Waals surface area contributed by atoms with Gasteiger partial charge in [0.2, 0.25) is 5.91 Å². The molecule has 0 spiro atoms. The van der Waals surface area contributed by atoms with Crippen molar-refractivity contribution >= 4 is 5.91 Å². The van der Waals surface area contributed by atoms with Crippen molar-refractivity contribution in [2.75, 3.05) is 39.3 Å². The lowest BCUT2D eigenvalue weighted by atomic mass is 9.85. The van der Waals surface area contributed by atoms with Gasteiger partial charge in [-0.05, 0) is 24.3 Å². The van der Waals surface area contributed by atoms with Crippen LogP contribution >= 0.6 is 0 Å². The molecule has 1 N–H and O–H groups in total. The van der Waals surface area contributed by atoms with Gasteiger partial charge in [0.1, 0.15) is 6.04 Å². The molecule has 2 fully saturated rings. The van der Waals surface area contributed by atoms with Crippen LogP contribution in [-0.2, 0) is 4.79 Å². The Morgan fingerprint density at radius 2 is 1.92 bits per heavy atom. The number of hydrogen-bond acceptors (Lipinski definition) is 4. The Labute approximate surface area is 144 Å². The van der Waals surface area contributed by atoms with Crippen LogP contribution in [0.3, 0.4) is 0 Å². The van der Waals surface area contributed by atoms with Crippen LogP contribution in [0.1, 0.15) is 30.9 Å². The minimum Gasteiger partial charge on any atom is -0.355 e. The molecule has 0 aromatic heterocycles. The summed E-state index contributed by atoms with van der Waals surface area (Å²) in [7, 11) is 0. The number of carbonyl (C=O) groups excluding carboxylic acids is 1. The first-order chi connectivity index (χ1) is 11.8. The van der Waals surface area contributed by atoms with E-state index in [4.69, 9.17) is 0 Å². The number of hydrogen-bond donors (Lipinski definition) is 1. The van der Waals surface area contributed by atoms with Crippen molar-refractivity contribution < 1.29 is 4.79 Å². The van der Waals surface area contributed by atoms with Gasteiger partial charge in [-0.15, -0.1) is 0 Å². The molecular formula is C19H26N4O. The van der Waals surface area contributed by atoms with Crippen molar-refractivity contribution in [2.45, 2.75) is 25.3 Å². The highest BCUT2D eigenvalue weighted by atomic mass is 16.2. The molecule has 1 atom stereocenters. The highest BCUT2D eigenvalue weighted by Gasteiger charge is 2.26. The summed E-state index contributed by atoms with van der Waals surface area (Å²) in [5.41, 5.74) is 1.05. The SMILES string of the molecule is N#C[C@@H](c1ccccc1)N1CCN(CC(=O)NCC2CCC2)CC1. The van der Waals surface area contributed by atoms with Crippen molar-refractivity contribution in [3.05, 3.63) is 35.9 Å². The fraction of sp³-hybridized carbons (Fsp3) is 0.579. The molecule has 1 saturated carbocycles. The summed E-state index contributed by atoms with van der Waals surface area (Å²) in [5.74, 6) is 0.836.